The summed E-state index contributed by atoms with van der Waals surface area (Å²) >= 11 is 0. The Morgan fingerprint density at radius 2 is 2.19 bits per heavy atom. The molecule has 3 aromatic rings. The van der Waals surface area contributed by atoms with Crippen LogP contribution in [0.1, 0.15) is 24.2 Å². The molecule has 4 heterocycles. The highest BCUT2D eigenvalue weighted by molar-refractivity contribution is 5.80. The summed E-state index contributed by atoms with van der Waals surface area (Å²) in [6, 6.07) is 5.08. The number of imidazole rings is 1. The van der Waals surface area contributed by atoms with Crippen LogP contribution in [0.3, 0.4) is 0 Å². The average molecular weight is 350 g/mol. The first-order valence-electron chi connectivity index (χ1n) is 8.43. The van der Waals surface area contributed by atoms with Crippen molar-refractivity contribution in [1.29, 1.82) is 0 Å². The molecule has 1 unspecified atom stereocenters. The van der Waals surface area contributed by atoms with Gasteiger partial charge in [0.1, 0.15) is 11.7 Å². The van der Waals surface area contributed by atoms with E-state index in [4.69, 9.17) is 0 Å². The van der Waals surface area contributed by atoms with Crippen molar-refractivity contribution in [3.05, 3.63) is 64.7 Å². The number of aromatic nitrogens is 5. The molecule has 0 aromatic carbocycles. The summed E-state index contributed by atoms with van der Waals surface area (Å²) in [6.45, 7) is 2.65. The fourth-order valence-electron chi connectivity index (χ4n) is 3.14. The maximum atomic E-state index is 12.8. The van der Waals surface area contributed by atoms with Gasteiger partial charge in [-0.2, -0.15) is 0 Å². The summed E-state index contributed by atoms with van der Waals surface area (Å²) < 4.78 is 1.77. The molecule has 4 rings (SSSR count). The van der Waals surface area contributed by atoms with Crippen LogP contribution in [-0.2, 0) is 17.8 Å². The maximum absolute atomic E-state index is 12.8. The molecule has 26 heavy (non-hydrogen) atoms. The van der Waals surface area contributed by atoms with Gasteiger partial charge < -0.3 is 14.5 Å². The third kappa shape index (κ3) is 2.90. The van der Waals surface area contributed by atoms with E-state index < -0.39 is 0 Å². The van der Waals surface area contributed by atoms with E-state index in [-0.39, 0.29) is 17.5 Å². The van der Waals surface area contributed by atoms with Crippen LogP contribution >= 0.6 is 0 Å². The Hall–Kier alpha value is -3.29. The highest BCUT2D eigenvalue weighted by Gasteiger charge is 2.28. The number of aromatic amines is 1. The zero-order chi connectivity index (χ0) is 18.1. The molecule has 1 atom stereocenters. The summed E-state index contributed by atoms with van der Waals surface area (Å²) in [7, 11) is 0. The van der Waals surface area contributed by atoms with Crippen LogP contribution in [0.4, 0.5) is 0 Å². The lowest BCUT2D eigenvalue weighted by atomic mass is 10.1. The van der Waals surface area contributed by atoms with Crippen LogP contribution in [0.5, 0.6) is 0 Å². The van der Waals surface area contributed by atoms with E-state index >= 15 is 0 Å². The van der Waals surface area contributed by atoms with Gasteiger partial charge in [-0.25, -0.2) is 9.97 Å². The summed E-state index contributed by atoms with van der Waals surface area (Å²) in [5.74, 6) is 0.404. The smallest absolute Gasteiger partial charge is 0.254 e. The predicted molar refractivity (Wildman–Crippen MR) is 94.1 cm³/mol. The third-order valence-corrected chi connectivity index (χ3v) is 4.62. The third-order valence-electron chi connectivity index (χ3n) is 4.62. The molecular formula is C18H18N6O2. The molecule has 1 aliphatic heterocycles. The SMILES string of the molecule is CC(C(=O)N1CCc2c(nc(-c3ccccn3)[nH]c2=O)C1)n1ccnc1. The molecular weight excluding hydrogens is 332 g/mol. The Morgan fingerprint density at radius 1 is 1.31 bits per heavy atom. The number of hydrogen-bond acceptors (Lipinski definition) is 5. The number of rotatable bonds is 3. The van der Waals surface area contributed by atoms with Crippen LogP contribution in [-0.4, -0.2) is 41.9 Å². The number of hydrogen-bond donors (Lipinski definition) is 1. The number of H-pyrrole nitrogens is 1. The molecule has 132 valence electrons. The average Bonchev–Trinajstić information content (AvgIpc) is 3.22. The number of carbonyl (C=O) groups excluding carboxylic acids is 1. The first-order chi connectivity index (χ1) is 12.6. The van der Waals surface area contributed by atoms with Crippen molar-refractivity contribution in [2.75, 3.05) is 6.54 Å². The van der Waals surface area contributed by atoms with Crippen molar-refractivity contribution in [3.8, 4) is 11.5 Å². The molecule has 1 N–H and O–H groups in total. The largest absolute Gasteiger partial charge is 0.335 e. The summed E-state index contributed by atoms with van der Waals surface area (Å²) in [5, 5.41) is 0. The highest BCUT2D eigenvalue weighted by Crippen LogP contribution is 2.20. The van der Waals surface area contributed by atoms with Gasteiger partial charge in [0.2, 0.25) is 5.91 Å². The second kappa shape index (κ2) is 6.55. The fraction of sp³-hybridized carbons (Fsp3) is 0.278. The molecule has 0 bridgehead atoms. The van der Waals surface area contributed by atoms with Gasteiger partial charge in [-0.3, -0.25) is 14.6 Å². The lowest BCUT2D eigenvalue weighted by Gasteiger charge is -2.30. The highest BCUT2D eigenvalue weighted by atomic mass is 16.2. The lowest BCUT2D eigenvalue weighted by molar-refractivity contribution is -0.135. The van der Waals surface area contributed by atoms with Gasteiger partial charge in [0, 0.05) is 30.7 Å². The number of amides is 1. The Morgan fingerprint density at radius 3 is 2.92 bits per heavy atom. The first-order valence-corrected chi connectivity index (χ1v) is 8.43. The van der Waals surface area contributed by atoms with Crippen LogP contribution in [0.15, 0.2) is 47.9 Å². The van der Waals surface area contributed by atoms with E-state index in [2.05, 4.69) is 19.9 Å². The summed E-state index contributed by atoms with van der Waals surface area (Å²) in [6.07, 6.45) is 7.18. The Kier molecular flexibility index (Phi) is 4.08. The van der Waals surface area contributed by atoms with Gasteiger partial charge in [0.25, 0.3) is 5.56 Å². The zero-order valence-corrected chi connectivity index (χ0v) is 14.3. The number of nitrogens with zero attached hydrogens (tertiary/aromatic N) is 5. The number of fused-ring (bicyclic) bond motifs is 1. The van der Waals surface area contributed by atoms with Crippen molar-refractivity contribution in [2.45, 2.75) is 25.9 Å². The van der Waals surface area contributed by atoms with E-state index in [0.29, 0.717) is 42.3 Å². The lowest BCUT2D eigenvalue weighted by Crippen LogP contribution is -2.42. The van der Waals surface area contributed by atoms with Crippen molar-refractivity contribution < 1.29 is 4.79 Å². The van der Waals surface area contributed by atoms with Gasteiger partial charge in [-0.15, -0.1) is 0 Å². The Labute approximate surface area is 149 Å². The first kappa shape index (κ1) is 16.2. The molecule has 3 aromatic heterocycles. The van der Waals surface area contributed by atoms with Gasteiger partial charge >= 0.3 is 0 Å². The standard InChI is InChI=1S/C18H18N6O2/c1-12(24-9-7-19-11-24)18(26)23-8-5-13-15(10-23)21-16(22-17(13)25)14-4-2-3-6-20-14/h2-4,6-7,9,11-12H,5,8,10H2,1H3,(H,21,22,25). The quantitative estimate of drug-likeness (QED) is 0.765. The predicted octanol–water partition coefficient (Wildman–Crippen LogP) is 1.17. The molecule has 0 saturated heterocycles. The molecule has 0 aliphatic carbocycles. The number of pyridine rings is 1. The van der Waals surface area contributed by atoms with Crippen LogP contribution < -0.4 is 5.56 Å². The molecule has 8 nitrogen and oxygen atoms in total. The van der Waals surface area contributed by atoms with Gasteiger partial charge in [-0.05, 0) is 25.5 Å². The maximum Gasteiger partial charge on any atom is 0.254 e. The minimum Gasteiger partial charge on any atom is -0.335 e. The molecule has 0 spiro atoms. The fourth-order valence-corrected chi connectivity index (χ4v) is 3.14. The number of nitrogens with one attached hydrogen (secondary N) is 1. The van der Waals surface area contributed by atoms with E-state index in [1.54, 1.807) is 46.5 Å². The summed E-state index contributed by atoms with van der Waals surface area (Å²) in [5.41, 5.74) is 1.71. The van der Waals surface area contributed by atoms with Crippen molar-refractivity contribution in [2.24, 2.45) is 0 Å². The molecule has 1 amide bonds. The topological polar surface area (TPSA) is 96.8 Å². The molecule has 1 aliphatic rings. The normalized spacial score (nSPS) is 14.7. The van der Waals surface area contributed by atoms with E-state index in [1.807, 2.05) is 13.0 Å². The Balaban J connectivity index is 1.63. The van der Waals surface area contributed by atoms with Crippen LogP contribution in [0, 0.1) is 0 Å². The molecule has 0 fully saturated rings. The molecule has 0 saturated carbocycles. The van der Waals surface area contributed by atoms with Crippen molar-refractivity contribution >= 4 is 5.91 Å². The van der Waals surface area contributed by atoms with Gasteiger partial charge in [0.05, 0.1) is 18.6 Å². The zero-order valence-electron chi connectivity index (χ0n) is 14.3. The van der Waals surface area contributed by atoms with E-state index in [9.17, 15) is 9.59 Å². The minimum absolute atomic E-state index is 0.0184. The van der Waals surface area contributed by atoms with E-state index in [0.717, 1.165) is 0 Å². The van der Waals surface area contributed by atoms with Crippen molar-refractivity contribution in [3.63, 3.8) is 0 Å². The monoisotopic (exact) mass is 350 g/mol. The van der Waals surface area contributed by atoms with Crippen LogP contribution in [0.2, 0.25) is 0 Å². The van der Waals surface area contributed by atoms with Gasteiger partial charge in [-0.1, -0.05) is 6.07 Å². The minimum atomic E-state index is -0.351. The molecule has 0 radical (unpaired) electrons. The van der Waals surface area contributed by atoms with E-state index in [1.165, 1.54) is 0 Å². The van der Waals surface area contributed by atoms with Gasteiger partial charge in [0.15, 0.2) is 5.82 Å². The second-order valence-corrected chi connectivity index (χ2v) is 6.25. The van der Waals surface area contributed by atoms with Crippen molar-refractivity contribution in [1.82, 2.24) is 29.4 Å². The Bertz CT molecular complexity index is 981. The summed E-state index contributed by atoms with van der Waals surface area (Å²) in [4.78, 5) is 42.5. The molecule has 8 heteroatoms. The second-order valence-electron chi connectivity index (χ2n) is 6.25. The number of carbonyl (C=O) groups is 1. The van der Waals surface area contributed by atoms with Crippen LogP contribution in [0.25, 0.3) is 11.5 Å².